The van der Waals surface area contributed by atoms with Crippen LogP contribution in [-0.2, 0) is 18.0 Å². The summed E-state index contributed by atoms with van der Waals surface area (Å²) in [5.74, 6) is 1.77. The summed E-state index contributed by atoms with van der Waals surface area (Å²) in [5, 5.41) is 0. The largest absolute Gasteiger partial charge is 0.489 e. The minimum absolute atomic E-state index is 0.139. The van der Waals surface area contributed by atoms with E-state index in [0.29, 0.717) is 13.2 Å². The molecule has 5 rings (SSSR count). The molecule has 1 saturated carbocycles. The molecule has 0 bridgehead atoms. The molecule has 1 fully saturated rings. The van der Waals surface area contributed by atoms with Crippen molar-refractivity contribution in [2.45, 2.75) is 32.5 Å². The number of Topliss-reactive ketones (excluding diaryl/α,β-unsaturated/α-hetero) is 1. The molecule has 0 atom stereocenters. The third kappa shape index (κ3) is 6.86. The van der Waals surface area contributed by atoms with Gasteiger partial charge in [-0.1, -0.05) is 84.9 Å². The Kier molecular flexibility index (Phi) is 7.92. The first-order chi connectivity index (χ1) is 18.2. The number of ketones is 1. The Balaban J connectivity index is 1.20. The Labute approximate surface area is 218 Å². The van der Waals surface area contributed by atoms with Gasteiger partial charge in [-0.25, -0.2) is 0 Å². The maximum absolute atomic E-state index is 13.2. The van der Waals surface area contributed by atoms with Crippen molar-refractivity contribution < 1.29 is 14.3 Å². The van der Waals surface area contributed by atoms with Crippen molar-refractivity contribution in [3.63, 3.8) is 0 Å². The van der Waals surface area contributed by atoms with Crippen LogP contribution < -0.4 is 9.47 Å². The van der Waals surface area contributed by atoms with E-state index in [9.17, 15) is 4.79 Å². The molecule has 4 aromatic rings. The summed E-state index contributed by atoms with van der Waals surface area (Å²) in [6.45, 7) is 1.07. The fraction of sp³-hybridized carbons (Fsp3) is 0.147. The number of ether oxygens (including phenoxy) is 2. The highest BCUT2D eigenvalue weighted by Gasteiger charge is 2.20. The van der Waals surface area contributed by atoms with E-state index >= 15 is 0 Å². The van der Waals surface area contributed by atoms with Crippen molar-refractivity contribution in [3.8, 4) is 11.5 Å². The Morgan fingerprint density at radius 3 is 1.35 bits per heavy atom. The van der Waals surface area contributed by atoms with Crippen molar-refractivity contribution in [1.82, 2.24) is 0 Å². The summed E-state index contributed by atoms with van der Waals surface area (Å²) >= 11 is 0. The van der Waals surface area contributed by atoms with E-state index in [4.69, 9.17) is 9.47 Å². The number of allylic oxidation sites excluding steroid dienone is 2. The summed E-state index contributed by atoms with van der Waals surface area (Å²) < 4.78 is 11.8. The van der Waals surface area contributed by atoms with Crippen molar-refractivity contribution in [2.75, 3.05) is 0 Å². The lowest BCUT2D eigenvalue weighted by Crippen LogP contribution is -2.12. The highest BCUT2D eigenvalue weighted by Crippen LogP contribution is 2.29. The Hall–Kier alpha value is -4.37. The van der Waals surface area contributed by atoms with Gasteiger partial charge < -0.3 is 9.47 Å². The molecule has 0 radical (unpaired) electrons. The van der Waals surface area contributed by atoms with Gasteiger partial charge in [0.05, 0.1) is 0 Å². The average molecular weight is 487 g/mol. The van der Waals surface area contributed by atoms with Gasteiger partial charge in [-0.05, 0) is 77.9 Å². The predicted molar refractivity (Wildman–Crippen MR) is 149 cm³/mol. The molecular weight excluding hydrogens is 456 g/mol. The van der Waals surface area contributed by atoms with Crippen LogP contribution in [0.25, 0.3) is 12.2 Å². The minimum Gasteiger partial charge on any atom is -0.489 e. The van der Waals surface area contributed by atoms with Crippen molar-refractivity contribution >= 4 is 17.9 Å². The van der Waals surface area contributed by atoms with Gasteiger partial charge in [0.2, 0.25) is 0 Å². The third-order valence-corrected chi connectivity index (χ3v) is 6.41. The van der Waals surface area contributed by atoms with Crippen LogP contribution >= 0.6 is 0 Å². The number of benzene rings is 4. The Morgan fingerprint density at radius 2 is 0.946 bits per heavy atom. The van der Waals surface area contributed by atoms with Gasteiger partial charge >= 0.3 is 0 Å². The van der Waals surface area contributed by atoms with Gasteiger partial charge in [-0.2, -0.15) is 0 Å². The number of rotatable bonds is 8. The van der Waals surface area contributed by atoms with Crippen LogP contribution in [0.2, 0.25) is 0 Å². The highest BCUT2D eigenvalue weighted by molar-refractivity contribution is 6.13. The first-order valence-electron chi connectivity index (χ1n) is 12.7. The molecule has 0 N–H and O–H groups in total. The number of carbonyl (C=O) groups excluding carboxylic acids is 1. The van der Waals surface area contributed by atoms with E-state index in [2.05, 4.69) is 0 Å². The maximum atomic E-state index is 13.2. The molecule has 3 heteroatoms. The number of carbonyl (C=O) groups is 1. The van der Waals surface area contributed by atoms with Gasteiger partial charge in [-0.15, -0.1) is 0 Å². The van der Waals surface area contributed by atoms with Gasteiger partial charge in [0.25, 0.3) is 0 Å². The molecule has 0 amide bonds. The van der Waals surface area contributed by atoms with E-state index in [0.717, 1.165) is 64.2 Å². The zero-order valence-electron chi connectivity index (χ0n) is 20.8. The molecule has 0 spiro atoms. The molecule has 0 saturated heterocycles. The standard InChI is InChI=1S/C34H30O3/c35-34-30(22-26-14-18-32(19-15-26)36-24-28-8-3-1-4-9-28)12-7-13-31(34)23-27-16-20-33(21-17-27)37-25-29-10-5-2-6-11-29/h1-6,8-11,14-23H,7,12-13,24-25H2/b30-22+,31-23+. The minimum atomic E-state index is 0.139. The monoisotopic (exact) mass is 486 g/mol. The van der Waals surface area contributed by atoms with Crippen LogP contribution in [0.3, 0.4) is 0 Å². The van der Waals surface area contributed by atoms with Gasteiger partial charge in [0.15, 0.2) is 5.78 Å². The lowest BCUT2D eigenvalue weighted by Gasteiger charge is -2.17. The molecule has 0 unspecified atom stereocenters. The summed E-state index contributed by atoms with van der Waals surface area (Å²) in [6, 6.07) is 36.1. The smallest absolute Gasteiger partial charge is 0.185 e. The van der Waals surface area contributed by atoms with Crippen molar-refractivity contribution in [1.29, 1.82) is 0 Å². The second-order valence-corrected chi connectivity index (χ2v) is 9.21. The second kappa shape index (κ2) is 12.0. The van der Waals surface area contributed by atoms with Gasteiger partial charge in [0.1, 0.15) is 24.7 Å². The zero-order valence-corrected chi connectivity index (χ0v) is 20.8. The first kappa shape index (κ1) is 24.3. The molecule has 184 valence electrons. The lowest BCUT2D eigenvalue weighted by molar-refractivity contribution is -0.112. The molecule has 1 aliphatic carbocycles. The fourth-order valence-corrected chi connectivity index (χ4v) is 4.38. The maximum Gasteiger partial charge on any atom is 0.185 e. The lowest BCUT2D eigenvalue weighted by atomic mass is 9.87. The zero-order chi connectivity index (χ0) is 25.3. The molecule has 4 aromatic carbocycles. The summed E-state index contributed by atoms with van der Waals surface area (Å²) in [6.07, 6.45) is 6.59. The number of hydrogen-bond donors (Lipinski definition) is 0. The molecule has 0 heterocycles. The highest BCUT2D eigenvalue weighted by atomic mass is 16.5. The van der Waals surface area contributed by atoms with Crippen LogP contribution in [0, 0.1) is 0 Å². The van der Waals surface area contributed by atoms with E-state index in [-0.39, 0.29) is 5.78 Å². The molecule has 3 nitrogen and oxygen atoms in total. The van der Waals surface area contributed by atoms with E-state index in [1.54, 1.807) is 0 Å². The Morgan fingerprint density at radius 1 is 0.541 bits per heavy atom. The summed E-state index contributed by atoms with van der Waals surface area (Å²) in [4.78, 5) is 13.2. The molecule has 1 aliphatic rings. The number of hydrogen-bond acceptors (Lipinski definition) is 3. The molecule has 0 aliphatic heterocycles. The van der Waals surface area contributed by atoms with Crippen molar-refractivity contribution in [2.24, 2.45) is 0 Å². The predicted octanol–water partition coefficient (Wildman–Crippen LogP) is 8.06. The molecule has 0 aromatic heterocycles. The van der Waals surface area contributed by atoms with Crippen LogP contribution in [0.15, 0.2) is 120 Å². The quantitative estimate of drug-likeness (QED) is 0.236. The van der Waals surface area contributed by atoms with Crippen LogP contribution in [0.4, 0.5) is 0 Å². The van der Waals surface area contributed by atoms with Crippen LogP contribution in [-0.4, -0.2) is 5.78 Å². The average Bonchev–Trinajstić information content (AvgIpc) is 2.95. The second-order valence-electron chi connectivity index (χ2n) is 9.21. The molecular formula is C34H30O3. The van der Waals surface area contributed by atoms with Crippen molar-refractivity contribution in [3.05, 3.63) is 143 Å². The topological polar surface area (TPSA) is 35.5 Å². The first-order valence-corrected chi connectivity index (χ1v) is 12.7. The van der Waals surface area contributed by atoms with E-state index in [1.807, 2.05) is 121 Å². The summed E-state index contributed by atoms with van der Waals surface area (Å²) in [7, 11) is 0. The van der Waals surface area contributed by atoms with E-state index in [1.165, 1.54) is 0 Å². The molecule has 37 heavy (non-hydrogen) atoms. The summed E-state index contributed by atoms with van der Waals surface area (Å²) in [5.41, 5.74) is 6.01. The normalized spacial score (nSPS) is 15.6. The van der Waals surface area contributed by atoms with E-state index < -0.39 is 0 Å². The van der Waals surface area contributed by atoms with Gasteiger partial charge in [0, 0.05) is 11.1 Å². The fourth-order valence-electron chi connectivity index (χ4n) is 4.38. The SMILES string of the molecule is O=C1/C(=C/c2ccc(OCc3ccccc3)cc2)CCC/C1=C\c1ccc(OCc2ccccc2)cc1. The third-order valence-electron chi connectivity index (χ3n) is 6.41. The van der Waals surface area contributed by atoms with Crippen LogP contribution in [0.5, 0.6) is 11.5 Å². The van der Waals surface area contributed by atoms with Gasteiger partial charge in [-0.3, -0.25) is 4.79 Å². The Bertz CT molecular complexity index is 1260. The van der Waals surface area contributed by atoms with Crippen LogP contribution in [0.1, 0.15) is 41.5 Å².